The summed E-state index contributed by atoms with van der Waals surface area (Å²) in [6.45, 7) is 0. The molecule has 0 fully saturated rings. The first-order valence-corrected chi connectivity index (χ1v) is 6.47. The number of rotatable bonds is 4. The van der Waals surface area contributed by atoms with Gasteiger partial charge in [-0.3, -0.25) is 4.79 Å². The second kappa shape index (κ2) is 6.33. The molecule has 5 heteroatoms. The van der Waals surface area contributed by atoms with Crippen LogP contribution in [0.2, 0.25) is 5.02 Å². The van der Waals surface area contributed by atoms with Gasteiger partial charge in [-0.1, -0.05) is 29.8 Å². The third-order valence-corrected chi connectivity index (χ3v) is 3.08. The van der Waals surface area contributed by atoms with Crippen molar-refractivity contribution in [3.05, 3.63) is 58.6 Å². The Morgan fingerprint density at radius 2 is 1.86 bits per heavy atom. The summed E-state index contributed by atoms with van der Waals surface area (Å²) in [5.74, 6) is -0.835. The van der Waals surface area contributed by atoms with Gasteiger partial charge < -0.3 is 14.9 Å². The van der Waals surface area contributed by atoms with Gasteiger partial charge in [0.2, 0.25) is 0 Å². The number of halogens is 1. The summed E-state index contributed by atoms with van der Waals surface area (Å²) in [5.41, 5.74) is 0.797. The molecule has 4 nitrogen and oxygen atoms in total. The molecule has 2 N–H and O–H groups in total. The number of ketones is 1. The first-order chi connectivity index (χ1) is 10.0. The fourth-order valence-electron chi connectivity index (χ4n) is 1.82. The molecule has 0 saturated carbocycles. The Morgan fingerprint density at radius 3 is 2.48 bits per heavy atom. The zero-order valence-corrected chi connectivity index (χ0v) is 12.0. The van der Waals surface area contributed by atoms with Crippen molar-refractivity contribution in [2.24, 2.45) is 0 Å². The first-order valence-electron chi connectivity index (χ1n) is 6.09. The second-order valence-electron chi connectivity index (χ2n) is 4.29. The zero-order valence-electron chi connectivity index (χ0n) is 11.2. The molecule has 0 aliphatic rings. The van der Waals surface area contributed by atoms with Gasteiger partial charge in [0.25, 0.3) is 0 Å². The first kappa shape index (κ1) is 14.9. The number of hydrogen-bond donors (Lipinski definition) is 2. The maximum Gasteiger partial charge on any atom is 0.193 e. The second-order valence-corrected chi connectivity index (χ2v) is 4.73. The van der Waals surface area contributed by atoms with Gasteiger partial charge >= 0.3 is 0 Å². The molecule has 0 unspecified atom stereocenters. The molecule has 108 valence electrons. The van der Waals surface area contributed by atoms with Crippen molar-refractivity contribution >= 4 is 23.5 Å². The van der Waals surface area contributed by atoms with E-state index < -0.39 is 5.78 Å². The molecule has 0 bridgehead atoms. The van der Waals surface area contributed by atoms with Gasteiger partial charge in [0, 0.05) is 17.2 Å². The molecule has 2 aromatic carbocycles. The van der Waals surface area contributed by atoms with Gasteiger partial charge in [0.15, 0.2) is 5.78 Å². The van der Waals surface area contributed by atoms with Gasteiger partial charge in [-0.25, -0.2) is 0 Å². The van der Waals surface area contributed by atoms with Crippen molar-refractivity contribution in [3.8, 4) is 17.2 Å². The topological polar surface area (TPSA) is 66.8 Å². The van der Waals surface area contributed by atoms with Gasteiger partial charge in [0.05, 0.1) is 7.11 Å². The highest BCUT2D eigenvalue weighted by molar-refractivity contribution is 6.30. The number of ether oxygens (including phenoxy) is 1. The largest absolute Gasteiger partial charge is 0.508 e. The highest BCUT2D eigenvalue weighted by atomic mass is 35.5. The summed E-state index contributed by atoms with van der Waals surface area (Å²) in [6, 6.07) is 9.31. The standard InChI is InChI=1S/C16H13ClO4/c1-21-15-9-12(18)8-14(20)16(15)13(19)7-4-10-2-5-11(17)6-3-10/h2-9,18,20H,1H3. The third-order valence-electron chi connectivity index (χ3n) is 2.83. The van der Waals surface area contributed by atoms with Crippen LogP contribution in [-0.4, -0.2) is 23.1 Å². The minimum absolute atomic E-state index is 0.000475. The number of phenols is 2. The summed E-state index contributed by atoms with van der Waals surface area (Å²) in [7, 11) is 1.36. The maximum absolute atomic E-state index is 12.2. The molecule has 0 aliphatic carbocycles. The minimum atomic E-state index is -0.431. The maximum atomic E-state index is 12.2. The predicted molar refractivity (Wildman–Crippen MR) is 81.1 cm³/mol. The molecule has 2 aromatic rings. The predicted octanol–water partition coefficient (Wildman–Crippen LogP) is 3.66. The summed E-state index contributed by atoms with van der Waals surface area (Å²) in [5, 5.41) is 19.8. The Bertz CT molecular complexity index is 690. The lowest BCUT2D eigenvalue weighted by molar-refractivity contribution is 0.104. The SMILES string of the molecule is COc1cc(O)cc(O)c1C(=O)C=Cc1ccc(Cl)cc1. The van der Waals surface area contributed by atoms with Gasteiger partial charge in [-0.15, -0.1) is 0 Å². The van der Waals surface area contributed by atoms with Crippen LogP contribution in [0.1, 0.15) is 15.9 Å². The Morgan fingerprint density at radius 1 is 1.19 bits per heavy atom. The molecule has 2 rings (SSSR count). The fourth-order valence-corrected chi connectivity index (χ4v) is 1.95. The molecule has 0 atom stereocenters. The number of allylic oxidation sites excluding steroid dienone is 1. The van der Waals surface area contributed by atoms with Gasteiger partial charge in [-0.2, -0.15) is 0 Å². The van der Waals surface area contributed by atoms with Crippen molar-refractivity contribution in [2.45, 2.75) is 0 Å². The number of benzene rings is 2. The molecule has 0 aromatic heterocycles. The van der Waals surface area contributed by atoms with Crippen molar-refractivity contribution in [1.29, 1.82) is 0 Å². The van der Waals surface area contributed by atoms with E-state index in [1.807, 2.05) is 0 Å². The molecule has 0 saturated heterocycles. The lowest BCUT2D eigenvalue weighted by Gasteiger charge is -2.08. The zero-order chi connectivity index (χ0) is 15.4. The third kappa shape index (κ3) is 3.55. The Kier molecular flexibility index (Phi) is 4.50. The van der Waals surface area contributed by atoms with Crippen molar-refractivity contribution < 1.29 is 19.7 Å². The molecular formula is C16H13ClO4. The average Bonchev–Trinajstić information content (AvgIpc) is 2.45. The van der Waals surface area contributed by atoms with Crippen LogP contribution in [0.3, 0.4) is 0 Å². The Balaban J connectivity index is 2.30. The van der Waals surface area contributed by atoms with E-state index in [1.165, 1.54) is 19.3 Å². The van der Waals surface area contributed by atoms with Crippen LogP contribution in [0.4, 0.5) is 0 Å². The number of methoxy groups -OCH3 is 1. The average molecular weight is 305 g/mol. The van der Waals surface area contributed by atoms with Crippen LogP contribution in [0.5, 0.6) is 17.2 Å². The lowest BCUT2D eigenvalue weighted by atomic mass is 10.1. The van der Waals surface area contributed by atoms with Crippen molar-refractivity contribution in [3.63, 3.8) is 0 Å². The summed E-state index contributed by atoms with van der Waals surface area (Å²) < 4.78 is 5.00. The Labute approximate surface area is 126 Å². The molecule has 0 heterocycles. The molecule has 0 amide bonds. The van der Waals surface area contributed by atoms with Crippen LogP contribution >= 0.6 is 11.6 Å². The fraction of sp³-hybridized carbons (Fsp3) is 0.0625. The highest BCUT2D eigenvalue weighted by Crippen LogP contribution is 2.33. The quantitative estimate of drug-likeness (QED) is 0.668. The number of phenolic OH excluding ortho intramolecular Hbond substituents is 2. The van der Waals surface area contributed by atoms with Crippen LogP contribution in [0.15, 0.2) is 42.5 Å². The van der Waals surface area contributed by atoms with E-state index in [1.54, 1.807) is 30.3 Å². The molecule has 0 radical (unpaired) electrons. The summed E-state index contributed by atoms with van der Waals surface area (Å²) >= 11 is 5.78. The normalized spacial score (nSPS) is 10.8. The van der Waals surface area contributed by atoms with E-state index in [2.05, 4.69) is 0 Å². The van der Waals surface area contributed by atoms with E-state index in [-0.39, 0.29) is 22.8 Å². The van der Waals surface area contributed by atoms with Gasteiger partial charge in [0.1, 0.15) is 22.8 Å². The molecular weight excluding hydrogens is 292 g/mol. The number of hydrogen-bond acceptors (Lipinski definition) is 4. The monoisotopic (exact) mass is 304 g/mol. The van der Waals surface area contributed by atoms with E-state index in [0.717, 1.165) is 11.6 Å². The molecule has 21 heavy (non-hydrogen) atoms. The van der Waals surface area contributed by atoms with E-state index in [9.17, 15) is 15.0 Å². The van der Waals surface area contributed by atoms with Gasteiger partial charge in [-0.05, 0) is 23.8 Å². The molecule has 0 spiro atoms. The van der Waals surface area contributed by atoms with E-state index >= 15 is 0 Å². The van der Waals surface area contributed by atoms with Crippen LogP contribution < -0.4 is 4.74 Å². The van der Waals surface area contributed by atoms with Crippen LogP contribution in [0, 0.1) is 0 Å². The number of carbonyl (C=O) groups is 1. The van der Waals surface area contributed by atoms with Crippen LogP contribution in [-0.2, 0) is 0 Å². The number of aromatic hydroxyl groups is 2. The smallest absolute Gasteiger partial charge is 0.193 e. The van der Waals surface area contributed by atoms with E-state index in [0.29, 0.717) is 5.02 Å². The minimum Gasteiger partial charge on any atom is -0.508 e. The lowest BCUT2D eigenvalue weighted by Crippen LogP contribution is -1.99. The Hall–Kier alpha value is -2.46. The van der Waals surface area contributed by atoms with Crippen molar-refractivity contribution in [1.82, 2.24) is 0 Å². The number of carbonyl (C=O) groups excluding carboxylic acids is 1. The summed E-state index contributed by atoms with van der Waals surface area (Å²) in [4.78, 5) is 12.2. The van der Waals surface area contributed by atoms with Crippen LogP contribution in [0.25, 0.3) is 6.08 Å². The van der Waals surface area contributed by atoms with Crippen molar-refractivity contribution in [2.75, 3.05) is 7.11 Å². The summed E-state index contributed by atoms with van der Waals surface area (Å²) in [6.07, 6.45) is 2.92. The molecule has 0 aliphatic heterocycles. The van der Waals surface area contributed by atoms with E-state index in [4.69, 9.17) is 16.3 Å². The highest BCUT2D eigenvalue weighted by Gasteiger charge is 2.16.